The Kier molecular flexibility index (Phi) is 6.07. The first-order valence-corrected chi connectivity index (χ1v) is 11.0. The Morgan fingerprint density at radius 2 is 2.03 bits per heavy atom. The van der Waals surface area contributed by atoms with E-state index in [1.54, 1.807) is 29.3 Å². The SMILES string of the molecule is Cc1oc(-c2cccs2)nc1CC(=O)Nc1ccc(SCc2cccnc2)cc1. The molecule has 7 heteroatoms. The monoisotopic (exact) mass is 421 g/mol. The van der Waals surface area contributed by atoms with Gasteiger partial charge < -0.3 is 9.73 Å². The number of oxazole rings is 1. The number of hydrogen-bond donors (Lipinski definition) is 1. The van der Waals surface area contributed by atoms with Crippen LogP contribution < -0.4 is 5.32 Å². The van der Waals surface area contributed by atoms with Gasteiger partial charge in [-0.3, -0.25) is 9.78 Å². The van der Waals surface area contributed by atoms with Gasteiger partial charge in [-0.05, 0) is 54.3 Å². The number of benzene rings is 1. The summed E-state index contributed by atoms with van der Waals surface area (Å²) in [5.74, 6) is 1.98. The summed E-state index contributed by atoms with van der Waals surface area (Å²) in [7, 11) is 0. The van der Waals surface area contributed by atoms with E-state index in [9.17, 15) is 4.79 Å². The standard InChI is InChI=1S/C22H19N3O2S2/c1-15-19(25-22(27-15)20-5-3-11-28-20)12-21(26)24-17-6-8-18(9-7-17)29-14-16-4-2-10-23-13-16/h2-11,13H,12,14H2,1H3,(H,24,26). The largest absolute Gasteiger partial charge is 0.440 e. The molecule has 29 heavy (non-hydrogen) atoms. The average molecular weight is 422 g/mol. The van der Waals surface area contributed by atoms with Crippen molar-refractivity contribution >= 4 is 34.7 Å². The number of hydrogen-bond acceptors (Lipinski definition) is 6. The summed E-state index contributed by atoms with van der Waals surface area (Å²) < 4.78 is 5.70. The van der Waals surface area contributed by atoms with E-state index >= 15 is 0 Å². The number of carbonyl (C=O) groups is 1. The Bertz CT molecular complexity index is 1080. The summed E-state index contributed by atoms with van der Waals surface area (Å²) in [5, 5.41) is 4.90. The minimum atomic E-state index is -0.116. The second-order valence-corrected chi connectivity index (χ2v) is 8.39. The molecule has 4 aromatic rings. The van der Waals surface area contributed by atoms with Crippen LogP contribution in [0.1, 0.15) is 17.0 Å². The molecular formula is C22H19N3O2S2. The summed E-state index contributed by atoms with van der Waals surface area (Å²) in [5.41, 5.74) is 2.61. The van der Waals surface area contributed by atoms with Gasteiger partial charge in [0, 0.05) is 28.7 Å². The van der Waals surface area contributed by atoms with Crippen molar-refractivity contribution in [3.8, 4) is 10.8 Å². The third kappa shape index (κ3) is 5.13. The smallest absolute Gasteiger partial charge is 0.236 e. The van der Waals surface area contributed by atoms with E-state index in [-0.39, 0.29) is 12.3 Å². The van der Waals surface area contributed by atoms with Crippen LogP contribution in [0.3, 0.4) is 0 Å². The number of amides is 1. The average Bonchev–Trinajstić information content (AvgIpc) is 3.39. The lowest BCUT2D eigenvalue weighted by atomic mass is 10.2. The number of carbonyl (C=O) groups excluding carboxylic acids is 1. The summed E-state index contributed by atoms with van der Waals surface area (Å²) in [4.78, 5) is 23.1. The molecule has 0 aliphatic carbocycles. The Hall–Kier alpha value is -2.90. The van der Waals surface area contributed by atoms with Crippen LogP contribution in [0.5, 0.6) is 0 Å². The number of thiophene rings is 1. The maximum atomic E-state index is 12.4. The number of rotatable bonds is 7. The molecule has 0 saturated heterocycles. The fourth-order valence-corrected chi connectivity index (χ4v) is 4.22. The molecule has 1 N–H and O–H groups in total. The van der Waals surface area contributed by atoms with Crippen molar-refractivity contribution in [2.45, 2.75) is 24.0 Å². The van der Waals surface area contributed by atoms with Crippen LogP contribution in [0.2, 0.25) is 0 Å². The minimum Gasteiger partial charge on any atom is -0.440 e. The highest BCUT2D eigenvalue weighted by atomic mass is 32.2. The fourth-order valence-electron chi connectivity index (χ4n) is 2.74. The van der Waals surface area contributed by atoms with E-state index in [1.807, 2.05) is 61.0 Å². The van der Waals surface area contributed by atoms with E-state index in [1.165, 1.54) is 5.56 Å². The zero-order chi connectivity index (χ0) is 20.1. The highest BCUT2D eigenvalue weighted by Gasteiger charge is 2.15. The maximum Gasteiger partial charge on any atom is 0.236 e. The molecule has 0 aliphatic rings. The molecule has 5 nitrogen and oxygen atoms in total. The van der Waals surface area contributed by atoms with Gasteiger partial charge >= 0.3 is 0 Å². The van der Waals surface area contributed by atoms with Crippen LogP contribution in [0.25, 0.3) is 10.8 Å². The van der Waals surface area contributed by atoms with Crippen LogP contribution in [0, 0.1) is 6.92 Å². The molecule has 0 saturated carbocycles. The molecule has 0 radical (unpaired) electrons. The van der Waals surface area contributed by atoms with Crippen molar-refractivity contribution in [2.75, 3.05) is 5.32 Å². The zero-order valence-corrected chi connectivity index (χ0v) is 17.4. The van der Waals surface area contributed by atoms with Crippen LogP contribution >= 0.6 is 23.1 Å². The molecule has 0 bridgehead atoms. The minimum absolute atomic E-state index is 0.116. The Labute approximate surface area is 177 Å². The number of anilines is 1. The van der Waals surface area contributed by atoms with Gasteiger partial charge in [-0.25, -0.2) is 4.98 Å². The van der Waals surface area contributed by atoms with Gasteiger partial charge in [0.05, 0.1) is 17.0 Å². The molecule has 0 unspecified atom stereocenters. The number of aryl methyl sites for hydroxylation is 1. The number of nitrogens with one attached hydrogen (secondary N) is 1. The summed E-state index contributed by atoms with van der Waals surface area (Å²) >= 11 is 3.29. The van der Waals surface area contributed by atoms with Crippen LogP contribution in [-0.4, -0.2) is 15.9 Å². The highest BCUT2D eigenvalue weighted by molar-refractivity contribution is 7.98. The number of nitrogens with zero attached hydrogens (tertiary/aromatic N) is 2. The summed E-state index contributed by atoms with van der Waals surface area (Å²) in [6.07, 6.45) is 3.82. The Morgan fingerprint density at radius 1 is 1.17 bits per heavy atom. The predicted molar refractivity (Wildman–Crippen MR) is 117 cm³/mol. The second kappa shape index (κ2) is 9.07. The van der Waals surface area contributed by atoms with Crippen LogP contribution in [-0.2, 0) is 17.0 Å². The number of thioether (sulfide) groups is 1. The summed E-state index contributed by atoms with van der Waals surface area (Å²) in [6.45, 7) is 1.83. The quantitative estimate of drug-likeness (QED) is 0.395. The van der Waals surface area contributed by atoms with Crippen molar-refractivity contribution in [2.24, 2.45) is 0 Å². The molecule has 0 spiro atoms. The van der Waals surface area contributed by atoms with Gasteiger partial charge in [0.2, 0.25) is 11.8 Å². The lowest BCUT2D eigenvalue weighted by molar-refractivity contribution is -0.115. The first-order chi connectivity index (χ1) is 14.2. The maximum absolute atomic E-state index is 12.4. The molecule has 3 heterocycles. The van der Waals surface area contributed by atoms with Gasteiger partial charge in [0.1, 0.15) is 5.76 Å². The fraction of sp³-hybridized carbons (Fsp3) is 0.136. The van der Waals surface area contributed by atoms with Gasteiger partial charge in [-0.1, -0.05) is 12.1 Å². The van der Waals surface area contributed by atoms with E-state index in [4.69, 9.17) is 4.42 Å². The molecule has 1 amide bonds. The molecule has 0 atom stereocenters. The van der Waals surface area contributed by atoms with Crippen molar-refractivity contribution in [3.63, 3.8) is 0 Å². The lowest BCUT2D eigenvalue weighted by Crippen LogP contribution is -2.15. The molecule has 4 rings (SSSR count). The van der Waals surface area contributed by atoms with Crippen LogP contribution in [0.15, 0.2) is 75.6 Å². The van der Waals surface area contributed by atoms with Gasteiger partial charge in [-0.15, -0.1) is 23.1 Å². The van der Waals surface area contributed by atoms with E-state index in [0.717, 1.165) is 21.2 Å². The summed E-state index contributed by atoms with van der Waals surface area (Å²) in [6, 6.07) is 15.7. The van der Waals surface area contributed by atoms with Crippen molar-refractivity contribution in [1.29, 1.82) is 0 Å². The molecule has 1 aromatic carbocycles. The Balaban J connectivity index is 1.33. The third-order valence-corrected chi connectivity index (χ3v) is 6.16. The Morgan fingerprint density at radius 3 is 2.76 bits per heavy atom. The molecular weight excluding hydrogens is 402 g/mol. The first kappa shape index (κ1) is 19.4. The second-order valence-electron chi connectivity index (χ2n) is 6.40. The van der Waals surface area contributed by atoms with Crippen molar-refractivity contribution in [3.05, 3.63) is 83.3 Å². The lowest BCUT2D eigenvalue weighted by Gasteiger charge is -2.06. The molecule has 0 aliphatic heterocycles. The molecule has 146 valence electrons. The topological polar surface area (TPSA) is 68.0 Å². The first-order valence-electron chi connectivity index (χ1n) is 9.09. The number of pyridine rings is 1. The normalized spacial score (nSPS) is 10.8. The van der Waals surface area contributed by atoms with Crippen molar-refractivity contribution < 1.29 is 9.21 Å². The highest BCUT2D eigenvalue weighted by Crippen LogP contribution is 2.27. The molecule has 0 fully saturated rings. The van der Waals surface area contributed by atoms with Gasteiger partial charge in [0.15, 0.2) is 0 Å². The zero-order valence-electron chi connectivity index (χ0n) is 15.8. The van der Waals surface area contributed by atoms with E-state index in [0.29, 0.717) is 17.3 Å². The third-order valence-electron chi connectivity index (χ3n) is 4.22. The van der Waals surface area contributed by atoms with E-state index in [2.05, 4.69) is 21.4 Å². The predicted octanol–water partition coefficient (Wildman–Crippen LogP) is 5.58. The van der Waals surface area contributed by atoms with Gasteiger partial charge in [-0.2, -0.15) is 0 Å². The number of aromatic nitrogens is 2. The van der Waals surface area contributed by atoms with E-state index < -0.39 is 0 Å². The van der Waals surface area contributed by atoms with Gasteiger partial charge in [0.25, 0.3) is 0 Å². The van der Waals surface area contributed by atoms with Crippen LogP contribution in [0.4, 0.5) is 5.69 Å². The molecule has 3 aromatic heterocycles. The van der Waals surface area contributed by atoms with Crippen molar-refractivity contribution in [1.82, 2.24) is 9.97 Å².